The van der Waals surface area contributed by atoms with E-state index in [2.05, 4.69) is 25.0 Å². The third kappa shape index (κ3) is 6.15. The minimum atomic E-state index is -0.644. The summed E-state index contributed by atoms with van der Waals surface area (Å²) in [7, 11) is 0. The highest BCUT2D eigenvalue weighted by atomic mass is 32.2. The number of aliphatic hydroxyl groups is 1. The number of nitrogens with zero attached hydrogens (tertiary/aromatic N) is 3. The van der Waals surface area contributed by atoms with Crippen molar-refractivity contribution in [3.63, 3.8) is 0 Å². The number of ether oxygens (including phenoxy) is 2. The van der Waals surface area contributed by atoms with Crippen molar-refractivity contribution < 1.29 is 29.0 Å². The van der Waals surface area contributed by atoms with Gasteiger partial charge in [0.05, 0.1) is 36.4 Å². The Morgan fingerprint density at radius 1 is 1.15 bits per heavy atom. The number of aliphatic hydroxyl groups excluding tert-OH is 1. The van der Waals surface area contributed by atoms with E-state index in [4.69, 9.17) is 14.6 Å². The molecule has 5 atom stereocenters. The Kier molecular flexibility index (Phi) is 10.8. The molecule has 2 unspecified atom stereocenters. The summed E-state index contributed by atoms with van der Waals surface area (Å²) >= 11 is 1.68. The highest BCUT2D eigenvalue weighted by molar-refractivity contribution is 8.02. The van der Waals surface area contributed by atoms with Gasteiger partial charge >= 0.3 is 5.97 Å². The summed E-state index contributed by atoms with van der Waals surface area (Å²) in [5.74, 6) is -1.60. The SMILES string of the molecule is C=CCCOC(=O)[C@H]1[C@H]2C(=O)N(CCCCCCO)C(C(=O)N(CC=C)CCN3CCOCC3)C23CC[C@]1(C)S3. The smallest absolute Gasteiger partial charge is 0.311 e. The van der Waals surface area contributed by atoms with Gasteiger partial charge in [0, 0.05) is 50.6 Å². The lowest BCUT2D eigenvalue weighted by atomic mass is 9.66. The van der Waals surface area contributed by atoms with Gasteiger partial charge in [-0.1, -0.05) is 25.0 Å². The van der Waals surface area contributed by atoms with E-state index in [1.54, 1.807) is 28.8 Å². The number of unbranched alkanes of at least 4 members (excludes halogenated alkanes) is 3. The van der Waals surface area contributed by atoms with Crippen molar-refractivity contribution >= 4 is 29.5 Å². The number of rotatable bonds is 16. The minimum absolute atomic E-state index is 0.0446. The first-order valence-electron chi connectivity index (χ1n) is 14.9. The molecule has 4 saturated heterocycles. The maximum absolute atomic E-state index is 14.5. The lowest BCUT2D eigenvalue weighted by Crippen LogP contribution is -2.56. The lowest BCUT2D eigenvalue weighted by molar-refractivity contribution is -0.155. The fraction of sp³-hybridized carbons (Fsp3) is 0.767. The number of morpholine rings is 1. The predicted molar refractivity (Wildman–Crippen MR) is 156 cm³/mol. The van der Waals surface area contributed by atoms with E-state index in [1.165, 1.54) is 0 Å². The van der Waals surface area contributed by atoms with Gasteiger partial charge in [-0.25, -0.2) is 0 Å². The van der Waals surface area contributed by atoms with E-state index in [-0.39, 0.29) is 31.0 Å². The van der Waals surface area contributed by atoms with Gasteiger partial charge in [0.2, 0.25) is 11.8 Å². The Morgan fingerprint density at radius 3 is 2.60 bits per heavy atom. The van der Waals surface area contributed by atoms with Crippen LogP contribution in [0.2, 0.25) is 0 Å². The molecule has 0 saturated carbocycles. The average Bonchev–Trinajstić information content (AvgIpc) is 3.52. The molecule has 9 nitrogen and oxygen atoms in total. The Labute approximate surface area is 243 Å². The van der Waals surface area contributed by atoms with E-state index >= 15 is 0 Å². The van der Waals surface area contributed by atoms with Crippen molar-refractivity contribution in [1.82, 2.24) is 14.7 Å². The molecule has 40 heavy (non-hydrogen) atoms. The second-order valence-electron chi connectivity index (χ2n) is 11.7. The fourth-order valence-electron chi connectivity index (χ4n) is 7.09. The van der Waals surface area contributed by atoms with Gasteiger partial charge < -0.3 is 24.4 Å². The molecule has 0 aliphatic carbocycles. The first-order valence-corrected chi connectivity index (χ1v) is 15.7. The zero-order valence-electron chi connectivity index (χ0n) is 24.1. The van der Waals surface area contributed by atoms with Crippen molar-refractivity contribution in [3.8, 4) is 0 Å². The number of hydrogen-bond donors (Lipinski definition) is 1. The van der Waals surface area contributed by atoms with Crippen LogP contribution in [0.4, 0.5) is 0 Å². The molecule has 1 N–H and O–H groups in total. The van der Waals surface area contributed by atoms with Crippen molar-refractivity contribution in [1.29, 1.82) is 0 Å². The van der Waals surface area contributed by atoms with Gasteiger partial charge in [-0.2, -0.15) is 0 Å². The summed E-state index contributed by atoms with van der Waals surface area (Å²) in [5, 5.41) is 9.17. The molecule has 4 aliphatic heterocycles. The van der Waals surface area contributed by atoms with Crippen LogP contribution >= 0.6 is 11.8 Å². The molecule has 224 valence electrons. The summed E-state index contributed by atoms with van der Waals surface area (Å²) in [5.41, 5.74) is 0. The van der Waals surface area contributed by atoms with Crippen molar-refractivity contribution in [2.24, 2.45) is 11.8 Å². The first-order chi connectivity index (χ1) is 19.3. The molecule has 4 fully saturated rings. The van der Waals surface area contributed by atoms with Crippen LogP contribution in [-0.2, 0) is 23.9 Å². The predicted octanol–water partition coefficient (Wildman–Crippen LogP) is 2.49. The summed E-state index contributed by atoms with van der Waals surface area (Å²) in [6, 6.07) is -0.620. The van der Waals surface area contributed by atoms with E-state index in [1.807, 2.05) is 4.90 Å². The number of hydrogen-bond acceptors (Lipinski definition) is 8. The Hall–Kier alpha value is -1.88. The van der Waals surface area contributed by atoms with Gasteiger partial charge in [-0.15, -0.1) is 24.9 Å². The second kappa shape index (κ2) is 13.9. The van der Waals surface area contributed by atoms with Crippen LogP contribution in [0.15, 0.2) is 25.3 Å². The largest absolute Gasteiger partial charge is 0.465 e. The monoisotopic (exact) mass is 577 g/mol. The normalized spacial score (nSPS) is 31.3. The fourth-order valence-corrected chi connectivity index (χ4v) is 9.43. The number of carbonyl (C=O) groups is 3. The van der Waals surface area contributed by atoms with Gasteiger partial charge in [-0.05, 0) is 39.0 Å². The molecule has 1 spiro atoms. The first kappa shape index (κ1) is 31.1. The van der Waals surface area contributed by atoms with Crippen LogP contribution in [0.1, 0.15) is 51.9 Å². The highest BCUT2D eigenvalue weighted by Crippen LogP contribution is 2.71. The molecule has 0 aromatic rings. The Balaban J connectivity index is 1.60. The molecule has 4 heterocycles. The summed E-state index contributed by atoms with van der Waals surface area (Å²) in [4.78, 5) is 48.1. The van der Waals surface area contributed by atoms with Crippen LogP contribution < -0.4 is 0 Å². The molecule has 4 rings (SSSR count). The molecule has 0 aromatic carbocycles. The minimum Gasteiger partial charge on any atom is -0.465 e. The Bertz CT molecular complexity index is 942. The molecule has 4 aliphatic rings. The zero-order chi connectivity index (χ0) is 28.8. The number of likely N-dealkylation sites (tertiary alicyclic amines) is 1. The van der Waals surface area contributed by atoms with Crippen LogP contribution in [0.3, 0.4) is 0 Å². The van der Waals surface area contributed by atoms with Crippen molar-refractivity contribution in [3.05, 3.63) is 25.3 Å². The van der Waals surface area contributed by atoms with Crippen LogP contribution in [0.25, 0.3) is 0 Å². The zero-order valence-corrected chi connectivity index (χ0v) is 24.9. The molecule has 0 aromatic heterocycles. The molecule has 2 amide bonds. The summed E-state index contributed by atoms with van der Waals surface area (Å²) in [6.45, 7) is 15.3. The number of thioether (sulfide) groups is 1. The third-order valence-electron chi connectivity index (χ3n) is 9.09. The maximum Gasteiger partial charge on any atom is 0.311 e. The second-order valence-corrected chi connectivity index (χ2v) is 13.6. The van der Waals surface area contributed by atoms with Crippen molar-refractivity contribution in [2.45, 2.75) is 67.4 Å². The number of carbonyl (C=O) groups excluding carboxylic acids is 3. The standard InChI is InChI=1S/C30H47N3O6S/c1-4-6-20-39-28(37)24-23-26(35)33(14-9-7-8-10-19-34)25(30(23)12-11-29(24,3)40-30)27(36)32(13-5-2)16-15-31-17-21-38-22-18-31/h4-5,23-25,34H,1-2,6-22H2,3H3/t23-,24+,25?,29-,30?/m0/s1. The summed E-state index contributed by atoms with van der Waals surface area (Å²) < 4.78 is 10.0. The van der Waals surface area contributed by atoms with Crippen LogP contribution in [-0.4, -0.2) is 119 Å². The molecule has 2 bridgehead atoms. The Morgan fingerprint density at radius 2 is 1.90 bits per heavy atom. The molecular weight excluding hydrogens is 530 g/mol. The van der Waals surface area contributed by atoms with Crippen molar-refractivity contribution in [2.75, 3.05) is 65.7 Å². The number of esters is 1. The van der Waals surface area contributed by atoms with Gasteiger partial charge in [0.15, 0.2) is 0 Å². The van der Waals surface area contributed by atoms with E-state index in [0.717, 1.165) is 58.2 Å². The quantitative estimate of drug-likeness (QED) is 0.170. The van der Waals surface area contributed by atoms with Gasteiger partial charge in [0.25, 0.3) is 0 Å². The maximum atomic E-state index is 14.5. The topological polar surface area (TPSA) is 99.6 Å². The molecular formula is C30H47N3O6S. The average molecular weight is 578 g/mol. The lowest BCUT2D eigenvalue weighted by Gasteiger charge is -2.38. The van der Waals surface area contributed by atoms with E-state index in [0.29, 0.717) is 39.3 Å². The van der Waals surface area contributed by atoms with E-state index in [9.17, 15) is 14.4 Å². The number of fused-ring (bicyclic) bond motifs is 1. The number of amides is 2. The summed E-state index contributed by atoms with van der Waals surface area (Å²) in [6.07, 6.45) is 8.75. The highest BCUT2D eigenvalue weighted by Gasteiger charge is 2.77. The van der Waals surface area contributed by atoms with E-state index < -0.39 is 27.4 Å². The van der Waals surface area contributed by atoms with Crippen LogP contribution in [0, 0.1) is 11.8 Å². The van der Waals surface area contributed by atoms with Gasteiger partial charge in [0.1, 0.15) is 6.04 Å². The van der Waals surface area contributed by atoms with Crippen LogP contribution in [0.5, 0.6) is 0 Å². The van der Waals surface area contributed by atoms with Gasteiger partial charge in [-0.3, -0.25) is 19.3 Å². The molecule has 10 heteroatoms. The third-order valence-corrected chi connectivity index (χ3v) is 11.1. The molecule has 0 radical (unpaired) electrons.